The molecule has 1 saturated carbocycles. The topological polar surface area (TPSA) is 117 Å². The number of nitrogen functional groups attached to an aromatic ring is 1. The number of nitrogens with zero attached hydrogens (tertiary/aromatic N) is 3. The first kappa shape index (κ1) is 16.7. The fourth-order valence-electron chi connectivity index (χ4n) is 3.73. The van der Waals surface area contributed by atoms with Crippen molar-refractivity contribution < 1.29 is 9.59 Å². The molecule has 0 aromatic carbocycles. The Labute approximate surface area is 141 Å². The fourth-order valence-corrected chi connectivity index (χ4v) is 3.73. The molecule has 1 aromatic heterocycles. The number of carbonyl (C=O) groups excluding carboxylic acids is 2. The molecule has 2 amide bonds. The van der Waals surface area contributed by atoms with E-state index in [2.05, 4.69) is 20.5 Å². The molecule has 1 aliphatic heterocycles. The van der Waals surface area contributed by atoms with Gasteiger partial charge in [0, 0.05) is 25.4 Å². The first-order valence-corrected chi connectivity index (χ1v) is 8.90. The minimum atomic E-state index is -0.320. The minimum Gasteiger partial charge on any atom is -0.367 e. The maximum atomic E-state index is 12.7. The van der Waals surface area contributed by atoms with Crippen LogP contribution in [0.25, 0.3) is 0 Å². The Morgan fingerprint density at radius 3 is 2.71 bits per heavy atom. The Bertz CT molecular complexity index is 581. The SMILES string of the molecule is Nc1n[nH]c(CCNC(=O)[C@@H]2CCCN2C(=O)C2CCCCC2)n1. The number of aromatic amines is 1. The summed E-state index contributed by atoms with van der Waals surface area (Å²) in [5, 5.41) is 9.38. The third kappa shape index (κ3) is 3.85. The number of aromatic nitrogens is 3. The number of likely N-dealkylation sites (tertiary alicyclic amines) is 1. The minimum absolute atomic E-state index is 0.0656. The zero-order valence-electron chi connectivity index (χ0n) is 14.0. The molecule has 0 bridgehead atoms. The highest BCUT2D eigenvalue weighted by Gasteiger charge is 2.37. The molecule has 4 N–H and O–H groups in total. The highest BCUT2D eigenvalue weighted by atomic mass is 16.2. The second kappa shape index (κ2) is 7.63. The van der Waals surface area contributed by atoms with Crippen molar-refractivity contribution in [2.24, 2.45) is 5.92 Å². The van der Waals surface area contributed by atoms with Gasteiger partial charge in [-0.25, -0.2) is 0 Å². The zero-order valence-corrected chi connectivity index (χ0v) is 14.0. The fraction of sp³-hybridized carbons (Fsp3) is 0.750. The molecule has 0 unspecified atom stereocenters. The van der Waals surface area contributed by atoms with E-state index in [-0.39, 0.29) is 29.7 Å². The zero-order chi connectivity index (χ0) is 16.9. The number of amides is 2. The molecular weight excluding hydrogens is 308 g/mol. The molecule has 3 rings (SSSR count). The number of hydrogen-bond acceptors (Lipinski definition) is 5. The number of carbonyl (C=O) groups is 2. The van der Waals surface area contributed by atoms with Crippen LogP contribution in [-0.2, 0) is 16.0 Å². The van der Waals surface area contributed by atoms with Crippen molar-refractivity contribution in [2.75, 3.05) is 18.8 Å². The summed E-state index contributed by atoms with van der Waals surface area (Å²) >= 11 is 0. The van der Waals surface area contributed by atoms with Crippen LogP contribution in [0.5, 0.6) is 0 Å². The summed E-state index contributed by atoms with van der Waals surface area (Å²) in [5.74, 6) is 1.08. The smallest absolute Gasteiger partial charge is 0.242 e. The molecule has 2 aliphatic rings. The molecule has 0 spiro atoms. The van der Waals surface area contributed by atoms with Crippen LogP contribution in [0.4, 0.5) is 5.95 Å². The number of nitrogens with two attached hydrogens (primary N) is 1. The van der Waals surface area contributed by atoms with Crippen molar-refractivity contribution in [3.8, 4) is 0 Å². The van der Waals surface area contributed by atoms with Gasteiger partial charge in [-0.1, -0.05) is 19.3 Å². The number of H-pyrrole nitrogens is 1. The monoisotopic (exact) mass is 334 g/mol. The summed E-state index contributed by atoms with van der Waals surface area (Å²) in [4.78, 5) is 31.0. The van der Waals surface area contributed by atoms with Gasteiger partial charge < -0.3 is 16.0 Å². The summed E-state index contributed by atoms with van der Waals surface area (Å²) in [6, 6.07) is -0.320. The van der Waals surface area contributed by atoms with Crippen molar-refractivity contribution in [1.82, 2.24) is 25.4 Å². The van der Waals surface area contributed by atoms with Gasteiger partial charge in [-0.05, 0) is 25.7 Å². The van der Waals surface area contributed by atoms with Gasteiger partial charge in [0.1, 0.15) is 11.9 Å². The van der Waals surface area contributed by atoms with Gasteiger partial charge in [0.2, 0.25) is 17.8 Å². The van der Waals surface area contributed by atoms with E-state index in [1.807, 2.05) is 0 Å². The van der Waals surface area contributed by atoms with E-state index >= 15 is 0 Å². The predicted octanol–water partition coefficient (Wildman–Crippen LogP) is 0.617. The van der Waals surface area contributed by atoms with Gasteiger partial charge in [0.25, 0.3) is 0 Å². The molecular formula is C16H26N6O2. The quantitative estimate of drug-likeness (QED) is 0.729. The van der Waals surface area contributed by atoms with Gasteiger partial charge >= 0.3 is 0 Å². The first-order valence-electron chi connectivity index (χ1n) is 8.90. The maximum Gasteiger partial charge on any atom is 0.242 e. The molecule has 0 radical (unpaired) electrons. The van der Waals surface area contributed by atoms with E-state index in [4.69, 9.17) is 5.73 Å². The lowest BCUT2D eigenvalue weighted by atomic mass is 9.88. The summed E-state index contributed by atoms with van der Waals surface area (Å²) in [6.45, 7) is 1.15. The highest BCUT2D eigenvalue weighted by molar-refractivity contribution is 5.89. The lowest BCUT2D eigenvalue weighted by Crippen LogP contribution is -2.48. The summed E-state index contributed by atoms with van der Waals surface area (Å²) < 4.78 is 0. The Morgan fingerprint density at radius 2 is 2.00 bits per heavy atom. The second-order valence-electron chi connectivity index (χ2n) is 6.71. The molecule has 8 nitrogen and oxygen atoms in total. The van der Waals surface area contributed by atoms with E-state index in [0.717, 1.165) is 38.5 Å². The average Bonchev–Trinajstić information content (AvgIpc) is 3.24. The molecule has 24 heavy (non-hydrogen) atoms. The molecule has 1 aliphatic carbocycles. The molecule has 1 atom stereocenters. The van der Waals surface area contributed by atoms with E-state index in [9.17, 15) is 9.59 Å². The van der Waals surface area contributed by atoms with Crippen LogP contribution in [0.3, 0.4) is 0 Å². The van der Waals surface area contributed by atoms with Crippen LogP contribution >= 0.6 is 0 Å². The molecule has 8 heteroatoms. The average molecular weight is 334 g/mol. The molecule has 2 heterocycles. The standard InChI is InChI=1S/C16H26N6O2/c17-16-19-13(20-21-16)8-9-18-14(23)12-7-4-10-22(12)15(24)11-5-2-1-3-6-11/h11-12H,1-10H2,(H,18,23)(H3,17,19,20,21)/t12-/m0/s1. The van der Waals surface area contributed by atoms with Gasteiger partial charge in [-0.2, -0.15) is 4.98 Å². The Kier molecular flexibility index (Phi) is 5.32. The lowest BCUT2D eigenvalue weighted by molar-refractivity contribution is -0.142. The van der Waals surface area contributed by atoms with E-state index in [0.29, 0.717) is 25.3 Å². The number of rotatable bonds is 5. The molecule has 1 aromatic rings. The van der Waals surface area contributed by atoms with Crippen LogP contribution in [0, 0.1) is 5.92 Å². The third-order valence-corrected chi connectivity index (χ3v) is 5.00. The normalized spacial score (nSPS) is 21.8. The van der Waals surface area contributed by atoms with Crippen molar-refractivity contribution in [1.29, 1.82) is 0 Å². The molecule has 132 valence electrons. The predicted molar refractivity (Wildman–Crippen MR) is 88.8 cm³/mol. The van der Waals surface area contributed by atoms with Crippen molar-refractivity contribution in [2.45, 2.75) is 57.4 Å². The van der Waals surface area contributed by atoms with Crippen molar-refractivity contribution in [3.05, 3.63) is 5.82 Å². The highest BCUT2D eigenvalue weighted by Crippen LogP contribution is 2.28. The van der Waals surface area contributed by atoms with E-state index in [1.165, 1.54) is 6.42 Å². The Morgan fingerprint density at radius 1 is 1.21 bits per heavy atom. The summed E-state index contributed by atoms with van der Waals surface area (Å²) in [5.41, 5.74) is 5.45. The van der Waals surface area contributed by atoms with Crippen molar-refractivity contribution >= 4 is 17.8 Å². The van der Waals surface area contributed by atoms with Crippen LogP contribution in [0.15, 0.2) is 0 Å². The number of hydrogen-bond donors (Lipinski definition) is 3. The maximum absolute atomic E-state index is 12.7. The summed E-state index contributed by atoms with van der Waals surface area (Å²) in [6.07, 6.45) is 7.60. The van der Waals surface area contributed by atoms with Gasteiger partial charge in [-0.15, -0.1) is 5.10 Å². The van der Waals surface area contributed by atoms with Crippen LogP contribution in [0.1, 0.15) is 50.8 Å². The van der Waals surface area contributed by atoms with Gasteiger partial charge in [0.05, 0.1) is 0 Å². The van der Waals surface area contributed by atoms with Crippen LogP contribution in [0.2, 0.25) is 0 Å². The van der Waals surface area contributed by atoms with E-state index < -0.39 is 0 Å². The molecule has 2 fully saturated rings. The second-order valence-corrected chi connectivity index (χ2v) is 6.71. The third-order valence-electron chi connectivity index (χ3n) is 5.00. The Hall–Kier alpha value is -2.12. The first-order chi connectivity index (χ1) is 11.6. The van der Waals surface area contributed by atoms with Gasteiger partial charge in [-0.3, -0.25) is 14.7 Å². The van der Waals surface area contributed by atoms with Crippen LogP contribution in [-0.4, -0.2) is 51.0 Å². The number of nitrogens with one attached hydrogen (secondary N) is 2. The largest absolute Gasteiger partial charge is 0.367 e. The van der Waals surface area contributed by atoms with Crippen LogP contribution < -0.4 is 11.1 Å². The van der Waals surface area contributed by atoms with Gasteiger partial charge in [0.15, 0.2) is 0 Å². The van der Waals surface area contributed by atoms with E-state index in [1.54, 1.807) is 4.90 Å². The Balaban J connectivity index is 1.50. The summed E-state index contributed by atoms with van der Waals surface area (Å²) in [7, 11) is 0. The van der Waals surface area contributed by atoms with Crippen molar-refractivity contribution in [3.63, 3.8) is 0 Å². The lowest BCUT2D eigenvalue weighted by Gasteiger charge is -2.30. The number of anilines is 1. The molecule has 1 saturated heterocycles.